The van der Waals surface area contributed by atoms with Gasteiger partial charge in [-0.25, -0.2) is 8.42 Å². The van der Waals surface area contributed by atoms with Gasteiger partial charge in [-0.3, -0.25) is 4.79 Å². The summed E-state index contributed by atoms with van der Waals surface area (Å²) < 4.78 is 62.5. The van der Waals surface area contributed by atoms with Crippen LogP contribution in [-0.4, -0.2) is 20.6 Å². The van der Waals surface area contributed by atoms with E-state index in [-0.39, 0.29) is 16.4 Å². The maximum atomic E-state index is 13.0. The van der Waals surface area contributed by atoms with E-state index in [2.05, 4.69) is 5.32 Å². The van der Waals surface area contributed by atoms with Crippen LogP contribution in [0.25, 0.3) is 0 Å². The molecule has 2 aromatic carbocycles. The third-order valence-corrected chi connectivity index (χ3v) is 5.26. The van der Waals surface area contributed by atoms with E-state index in [9.17, 15) is 26.4 Å². The predicted octanol–water partition coefficient (Wildman–Crippen LogP) is 4.63. The number of alkyl halides is 3. The Morgan fingerprint density at radius 3 is 2.29 bits per heavy atom. The maximum absolute atomic E-state index is 13.0. The number of hydrogen-bond acceptors (Lipinski definition) is 3. The fraction of sp³-hybridized carbons (Fsp3) is 0.350. The van der Waals surface area contributed by atoms with Crippen LogP contribution in [-0.2, 0) is 16.0 Å². The van der Waals surface area contributed by atoms with Crippen LogP contribution in [0.3, 0.4) is 0 Å². The van der Waals surface area contributed by atoms with E-state index in [0.29, 0.717) is 12.0 Å². The molecule has 28 heavy (non-hydrogen) atoms. The van der Waals surface area contributed by atoms with Crippen LogP contribution in [0, 0.1) is 5.92 Å². The van der Waals surface area contributed by atoms with Crippen LogP contribution < -0.4 is 5.32 Å². The lowest BCUT2D eigenvalue weighted by molar-refractivity contribution is -0.137. The molecule has 0 radical (unpaired) electrons. The molecule has 152 valence electrons. The second kappa shape index (κ2) is 8.34. The number of carbonyl (C=O) groups is 1. The van der Waals surface area contributed by atoms with Crippen LogP contribution in [0.15, 0.2) is 53.4 Å². The van der Waals surface area contributed by atoms with Crippen LogP contribution in [0.2, 0.25) is 0 Å². The first kappa shape index (κ1) is 21.9. The quantitative estimate of drug-likeness (QED) is 0.751. The van der Waals surface area contributed by atoms with Crippen molar-refractivity contribution in [1.82, 2.24) is 5.32 Å². The van der Waals surface area contributed by atoms with Gasteiger partial charge in [0.1, 0.15) is 0 Å². The van der Waals surface area contributed by atoms with Gasteiger partial charge >= 0.3 is 6.18 Å². The summed E-state index contributed by atoms with van der Waals surface area (Å²) in [5.74, 6) is -0.434. The minimum absolute atomic E-state index is 0.000344. The lowest BCUT2D eigenvalue weighted by Crippen LogP contribution is -2.30. The zero-order chi connectivity index (χ0) is 21.1. The van der Waals surface area contributed by atoms with E-state index < -0.39 is 33.5 Å². The van der Waals surface area contributed by atoms with Gasteiger partial charge in [0, 0.05) is 11.8 Å². The number of amides is 1. The molecule has 0 aliphatic carbocycles. The third-order valence-electron chi connectivity index (χ3n) is 4.15. The summed E-state index contributed by atoms with van der Waals surface area (Å²) in [5, 5.41) is 2.74. The molecule has 0 saturated carbocycles. The summed E-state index contributed by atoms with van der Waals surface area (Å²) in [6.45, 7) is 3.80. The minimum atomic E-state index is -4.48. The molecule has 1 N–H and O–H groups in total. The lowest BCUT2D eigenvalue weighted by Gasteiger charge is -2.22. The van der Waals surface area contributed by atoms with Gasteiger partial charge < -0.3 is 5.32 Å². The van der Waals surface area contributed by atoms with Gasteiger partial charge in [-0.15, -0.1) is 0 Å². The van der Waals surface area contributed by atoms with E-state index >= 15 is 0 Å². The topological polar surface area (TPSA) is 63.2 Å². The van der Waals surface area contributed by atoms with E-state index in [0.717, 1.165) is 18.4 Å². The van der Waals surface area contributed by atoms with E-state index in [4.69, 9.17) is 0 Å². The second-order valence-corrected chi connectivity index (χ2v) is 9.09. The molecule has 0 heterocycles. The van der Waals surface area contributed by atoms with Crippen LogP contribution in [0.5, 0.6) is 0 Å². The molecule has 0 spiro atoms. The van der Waals surface area contributed by atoms with E-state index in [1.54, 1.807) is 0 Å². The van der Waals surface area contributed by atoms with Crippen LogP contribution in [0.1, 0.15) is 47.8 Å². The molecule has 2 rings (SSSR count). The number of nitrogens with one attached hydrogen (secondary N) is 1. The number of hydrogen-bond donors (Lipinski definition) is 1. The summed E-state index contributed by atoms with van der Waals surface area (Å²) in [7, 11) is -3.49. The molecular weight excluding hydrogens is 391 g/mol. The van der Waals surface area contributed by atoms with Crippen molar-refractivity contribution in [3.8, 4) is 0 Å². The van der Waals surface area contributed by atoms with E-state index in [1.807, 2.05) is 13.8 Å². The summed E-state index contributed by atoms with van der Waals surface area (Å²) in [4.78, 5) is 12.6. The molecule has 1 atom stereocenters. The number of benzene rings is 2. The van der Waals surface area contributed by atoms with Crippen molar-refractivity contribution in [1.29, 1.82) is 0 Å². The van der Waals surface area contributed by atoms with Gasteiger partial charge in [0.2, 0.25) is 0 Å². The first-order valence-corrected chi connectivity index (χ1v) is 10.5. The SMILES string of the molecule is CC(C)CC(NC(=O)c1cccc(S(C)(=O)=O)c1)c1cccc(C(F)(F)F)c1. The lowest BCUT2D eigenvalue weighted by atomic mass is 9.95. The molecule has 0 saturated heterocycles. The van der Waals surface area contributed by atoms with Crippen molar-refractivity contribution in [2.45, 2.75) is 37.4 Å². The Morgan fingerprint density at radius 2 is 1.71 bits per heavy atom. The zero-order valence-electron chi connectivity index (χ0n) is 15.7. The number of halogens is 3. The molecule has 4 nitrogen and oxygen atoms in total. The number of carbonyl (C=O) groups excluding carboxylic acids is 1. The highest BCUT2D eigenvalue weighted by Crippen LogP contribution is 2.32. The maximum Gasteiger partial charge on any atom is 0.416 e. The van der Waals surface area contributed by atoms with Gasteiger partial charge in [-0.1, -0.05) is 32.0 Å². The van der Waals surface area contributed by atoms with Gasteiger partial charge in [-0.2, -0.15) is 13.2 Å². The number of sulfone groups is 1. The van der Waals surface area contributed by atoms with Crippen molar-refractivity contribution >= 4 is 15.7 Å². The standard InChI is InChI=1S/C20H22F3NO3S/c1-13(2)10-18(14-6-4-8-16(11-14)20(21,22)23)24-19(25)15-7-5-9-17(12-15)28(3,26)27/h4-9,11-13,18H,10H2,1-3H3,(H,24,25). The average molecular weight is 413 g/mol. The molecule has 8 heteroatoms. The normalized spacial score (nSPS) is 13.4. The fourth-order valence-corrected chi connectivity index (χ4v) is 3.46. The second-order valence-electron chi connectivity index (χ2n) is 7.08. The third kappa shape index (κ3) is 5.82. The molecule has 0 aliphatic rings. The van der Waals surface area contributed by atoms with Gasteiger partial charge in [0.15, 0.2) is 9.84 Å². The highest BCUT2D eigenvalue weighted by molar-refractivity contribution is 7.90. The Balaban J connectivity index is 2.34. The predicted molar refractivity (Wildman–Crippen MR) is 101 cm³/mol. The first-order valence-electron chi connectivity index (χ1n) is 8.66. The molecule has 0 fully saturated rings. The summed E-state index contributed by atoms with van der Waals surface area (Å²) in [6.07, 6.45) is -3.01. The van der Waals surface area contributed by atoms with Crippen LogP contribution >= 0.6 is 0 Å². The fourth-order valence-electron chi connectivity index (χ4n) is 2.79. The van der Waals surface area contributed by atoms with Gasteiger partial charge in [-0.05, 0) is 48.2 Å². The summed E-state index contributed by atoms with van der Waals surface area (Å²) in [6, 6.07) is 9.76. The molecule has 1 amide bonds. The highest BCUT2D eigenvalue weighted by Gasteiger charge is 2.31. The molecule has 0 aromatic heterocycles. The first-order chi connectivity index (χ1) is 12.9. The monoisotopic (exact) mass is 413 g/mol. The Morgan fingerprint density at radius 1 is 1.07 bits per heavy atom. The summed E-state index contributed by atoms with van der Waals surface area (Å²) >= 11 is 0. The van der Waals surface area contributed by atoms with Crippen LogP contribution in [0.4, 0.5) is 13.2 Å². The van der Waals surface area contributed by atoms with Gasteiger partial charge in [0.05, 0.1) is 16.5 Å². The van der Waals surface area contributed by atoms with Crippen molar-refractivity contribution in [2.75, 3.05) is 6.26 Å². The van der Waals surface area contributed by atoms with Crippen molar-refractivity contribution in [3.63, 3.8) is 0 Å². The Bertz CT molecular complexity index is 953. The molecule has 0 bridgehead atoms. The molecule has 1 unspecified atom stereocenters. The highest BCUT2D eigenvalue weighted by atomic mass is 32.2. The van der Waals surface area contributed by atoms with Crippen molar-refractivity contribution in [3.05, 3.63) is 65.2 Å². The average Bonchev–Trinajstić information content (AvgIpc) is 2.59. The Kier molecular flexibility index (Phi) is 6.54. The smallest absolute Gasteiger partial charge is 0.345 e. The van der Waals surface area contributed by atoms with Crippen molar-refractivity contribution < 1.29 is 26.4 Å². The van der Waals surface area contributed by atoms with E-state index in [1.165, 1.54) is 36.4 Å². The Hall–Kier alpha value is -2.35. The zero-order valence-corrected chi connectivity index (χ0v) is 16.6. The largest absolute Gasteiger partial charge is 0.416 e. The molecule has 2 aromatic rings. The molecular formula is C20H22F3NO3S. The minimum Gasteiger partial charge on any atom is -0.345 e. The number of rotatable bonds is 6. The van der Waals surface area contributed by atoms with Crippen molar-refractivity contribution in [2.24, 2.45) is 5.92 Å². The summed E-state index contributed by atoms with van der Waals surface area (Å²) in [5.41, 5.74) is -0.313. The Labute approximate surface area is 162 Å². The van der Waals surface area contributed by atoms with Gasteiger partial charge in [0.25, 0.3) is 5.91 Å². The molecule has 0 aliphatic heterocycles.